The summed E-state index contributed by atoms with van der Waals surface area (Å²) in [5.41, 5.74) is 6.03. The minimum atomic E-state index is -3.83. The van der Waals surface area contributed by atoms with Crippen molar-refractivity contribution in [2.45, 2.75) is 30.3 Å². The molecule has 0 radical (unpaired) electrons. The van der Waals surface area contributed by atoms with Crippen molar-refractivity contribution in [3.63, 3.8) is 0 Å². The molecule has 20 heavy (non-hydrogen) atoms. The van der Waals surface area contributed by atoms with Gasteiger partial charge in [0.15, 0.2) is 0 Å². The van der Waals surface area contributed by atoms with Crippen LogP contribution in [0.1, 0.15) is 18.4 Å². The predicted molar refractivity (Wildman–Crippen MR) is 75.1 cm³/mol. The molecule has 2 rings (SSSR count). The van der Waals surface area contributed by atoms with Gasteiger partial charge < -0.3 is 10.6 Å². The fourth-order valence-corrected chi connectivity index (χ4v) is 3.16. The predicted octanol–water partition coefficient (Wildman–Crippen LogP) is 0.657. The Hall–Kier alpha value is -1.02. The van der Waals surface area contributed by atoms with E-state index in [9.17, 15) is 12.8 Å². The lowest BCUT2D eigenvalue weighted by Gasteiger charge is -2.16. The highest BCUT2D eigenvalue weighted by Gasteiger charge is 2.26. The van der Waals surface area contributed by atoms with Gasteiger partial charge in [-0.05, 0) is 37.6 Å². The van der Waals surface area contributed by atoms with E-state index < -0.39 is 15.8 Å². The highest BCUT2D eigenvalue weighted by molar-refractivity contribution is 7.89. The second kappa shape index (κ2) is 6.17. The van der Waals surface area contributed by atoms with Crippen molar-refractivity contribution in [2.24, 2.45) is 5.73 Å². The number of hydrogen-bond donors (Lipinski definition) is 2. The van der Waals surface area contributed by atoms with Crippen LogP contribution in [-0.2, 0) is 16.6 Å². The SMILES string of the molecule is CN(CCNS(=O)(=O)c1cc(CN)ccc1F)C1CC1. The Morgan fingerprint density at radius 2 is 2.15 bits per heavy atom. The molecule has 5 nitrogen and oxygen atoms in total. The molecule has 1 aliphatic rings. The molecular formula is C13H20FN3O2S. The van der Waals surface area contributed by atoms with E-state index in [2.05, 4.69) is 9.62 Å². The van der Waals surface area contributed by atoms with Crippen LogP contribution in [0.3, 0.4) is 0 Å². The number of halogens is 1. The lowest BCUT2D eigenvalue weighted by molar-refractivity contribution is 0.329. The summed E-state index contributed by atoms with van der Waals surface area (Å²) in [5, 5.41) is 0. The third kappa shape index (κ3) is 3.76. The van der Waals surface area contributed by atoms with Gasteiger partial charge >= 0.3 is 0 Å². The van der Waals surface area contributed by atoms with Gasteiger partial charge in [0.1, 0.15) is 10.7 Å². The Morgan fingerprint density at radius 3 is 2.75 bits per heavy atom. The molecule has 1 aliphatic carbocycles. The van der Waals surface area contributed by atoms with Crippen LogP contribution in [0.15, 0.2) is 23.1 Å². The maximum Gasteiger partial charge on any atom is 0.243 e. The Bertz CT molecular complexity index is 573. The zero-order valence-electron chi connectivity index (χ0n) is 11.5. The van der Waals surface area contributed by atoms with Crippen molar-refractivity contribution >= 4 is 10.0 Å². The maximum atomic E-state index is 13.7. The first-order valence-electron chi connectivity index (χ1n) is 6.62. The maximum absolute atomic E-state index is 13.7. The standard InChI is InChI=1S/C13H20FN3O2S/c1-17(11-3-4-11)7-6-16-20(18,19)13-8-10(9-15)2-5-12(13)14/h2,5,8,11,16H,3-4,6-7,9,15H2,1H3. The van der Waals surface area contributed by atoms with Crippen molar-refractivity contribution < 1.29 is 12.8 Å². The average molecular weight is 301 g/mol. The number of benzene rings is 1. The first-order valence-corrected chi connectivity index (χ1v) is 8.11. The molecule has 0 amide bonds. The van der Waals surface area contributed by atoms with Gasteiger partial charge in [-0.2, -0.15) is 0 Å². The Labute approximate surface area is 119 Å². The van der Waals surface area contributed by atoms with Gasteiger partial charge in [-0.1, -0.05) is 6.07 Å². The van der Waals surface area contributed by atoms with Crippen molar-refractivity contribution in [1.82, 2.24) is 9.62 Å². The number of sulfonamides is 1. The van der Waals surface area contributed by atoms with E-state index in [1.54, 1.807) is 0 Å². The molecule has 7 heteroatoms. The molecule has 0 atom stereocenters. The summed E-state index contributed by atoms with van der Waals surface area (Å²) in [7, 11) is -1.87. The summed E-state index contributed by atoms with van der Waals surface area (Å²) < 4.78 is 40.2. The Kier molecular flexibility index (Phi) is 4.74. The number of nitrogens with two attached hydrogens (primary N) is 1. The molecule has 112 valence electrons. The van der Waals surface area contributed by atoms with Gasteiger partial charge in [0, 0.05) is 25.7 Å². The summed E-state index contributed by atoms with van der Waals surface area (Å²) in [6.45, 7) is 1.05. The smallest absolute Gasteiger partial charge is 0.243 e. The van der Waals surface area contributed by atoms with Crippen LogP contribution in [0.4, 0.5) is 4.39 Å². The van der Waals surface area contributed by atoms with E-state index in [1.165, 1.54) is 12.1 Å². The molecule has 0 aromatic heterocycles. The molecule has 3 N–H and O–H groups in total. The number of nitrogens with one attached hydrogen (secondary N) is 1. The molecule has 0 spiro atoms. The van der Waals surface area contributed by atoms with Crippen molar-refractivity contribution in [1.29, 1.82) is 0 Å². The first kappa shape index (κ1) is 15.4. The van der Waals surface area contributed by atoms with E-state index in [4.69, 9.17) is 5.73 Å². The van der Waals surface area contributed by atoms with Crippen LogP contribution in [0, 0.1) is 5.82 Å². The van der Waals surface area contributed by atoms with Crippen LogP contribution in [0.25, 0.3) is 0 Å². The molecule has 1 aromatic carbocycles. The van der Waals surface area contributed by atoms with Crippen LogP contribution in [0.2, 0.25) is 0 Å². The number of hydrogen-bond acceptors (Lipinski definition) is 4. The monoisotopic (exact) mass is 301 g/mol. The van der Waals surface area contributed by atoms with E-state index in [0.717, 1.165) is 18.9 Å². The zero-order chi connectivity index (χ0) is 14.8. The second-order valence-electron chi connectivity index (χ2n) is 5.08. The molecule has 0 unspecified atom stereocenters. The quantitative estimate of drug-likeness (QED) is 0.775. The lowest BCUT2D eigenvalue weighted by Crippen LogP contribution is -2.34. The summed E-state index contributed by atoms with van der Waals surface area (Å²) in [5.74, 6) is -0.759. The van der Waals surface area contributed by atoms with E-state index in [1.807, 2.05) is 7.05 Å². The highest BCUT2D eigenvalue weighted by atomic mass is 32.2. The first-order chi connectivity index (χ1) is 9.44. The normalized spacial score (nSPS) is 15.8. The molecule has 1 fully saturated rings. The minimum absolute atomic E-state index is 0.174. The Morgan fingerprint density at radius 1 is 1.45 bits per heavy atom. The van der Waals surface area contributed by atoms with Gasteiger partial charge in [0.2, 0.25) is 10.0 Å². The van der Waals surface area contributed by atoms with Crippen molar-refractivity contribution in [2.75, 3.05) is 20.1 Å². The number of rotatable bonds is 7. The fraction of sp³-hybridized carbons (Fsp3) is 0.538. The topological polar surface area (TPSA) is 75.4 Å². The molecule has 0 saturated heterocycles. The second-order valence-corrected chi connectivity index (χ2v) is 6.81. The number of nitrogens with zero attached hydrogens (tertiary/aromatic N) is 1. The van der Waals surface area contributed by atoms with Crippen molar-refractivity contribution in [3.8, 4) is 0 Å². The molecule has 1 saturated carbocycles. The Balaban J connectivity index is 2.01. The van der Waals surface area contributed by atoms with Gasteiger partial charge in [0.05, 0.1) is 0 Å². The van der Waals surface area contributed by atoms with Gasteiger partial charge in [-0.3, -0.25) is 0 Å². The third-order valence-corrected chi connectivity index (χ3v) is 4.92. The van der Waals surface area contributed by atoms with Crippen LogP contribution in [0.5, 0.6) is 0 Å². The van der Waals surface area contributed by atoms with Crippen LogP contribution < -0.4 is 10.5 Å². The molecule has 0 heterocycles. The summed E-state index contributed by atoms with van der Waals surface area (Å²) in [6.07, 6.45) is 2.33. The zero-order valence-corrected chi connectivity index (χ0v) is 12.3. The van der Waals surface area contributed by atoms with Crippen LogP contribution >= 0.6 is 0 Å². The largest absolute Gasteiger partial charge is 0.326 e. The fourth-order valence-electron chi connectivity index (χ4n) is 2.01. The molecular weight excluding hydrogens is 281 g/mol. The highest BCUT2D eigenvalue weighted by Crippen LogP contribution is 2.24. The van der Waals surface area contributed by atoms with Crippen LogP contribution in [-0.4, -0.2) is 39.5 Å². The van der Waals surface area contributed by atoms with Gasteiger partial charge in [0.25, 0.3) is 0 Å². The number of likely N-dealkylation sites (N-methyl/N-ethyl adjacent to an activating group) is 1. The third-order valence-electron chi connectivity index (χ3n) is 3.45. The van der Waals surface area contributed by atoms with E-state index in [-0.39, 0.29) is 18.0 Å². The lowest BCUT2D eigenvalue weighted by atomic mass is 10.2. The van der Waals surface area contributed by atoms with Gasteiger partial charge in [-0.15, -0.1) is 0 Å². The molecule has 0 aliphatic heterocycles. The average Bonchev–Trinajstić information content (AvgIpc) is 3.23. The molecule has 0 bridgehead atoms. The summed E-state index contributed by atoms with van der Waals surface area (Å²) >= 11 is 0. The molecule has 1 aromatic rings. The van der Waals surface area contributed by atoms with Gasteiger partial charge in [-0.25, -0.2) is 17.5 Å². The summed E-state index contributed by atoms with van der Waals surface area (Å²) in [6, 6.07) is 4.46. The van der Waals surface area contributed by atoms with E-state index in [0.29, 0.717) is 18.2 Å². The minimum Gasteiger partial charge on any atom is -0.326 e. The van der Waals surface area contributed by atoms with Crippen molar-refractivity contribution in [3.05, 3.63) is 29.6 Å². The summed E-state index contributed by atoms with van der Waals surface area (Å²) in [4.78, 5) is 1.77. The van der Waals surface area contributed by atoms with E-state index >= 15 is 0 Å².